The maximum atomic E-state index is 13.6. The second-order valence-corrected chi connectivity index (χ2v) is 5.79. The van der Waals surface area contributed by atoms with Crippen LogP contribution in [0.25, 0.3) is 0 Å². The topological polar surface area (TPSA) is 12.0 Å². The SMILES string of the molecule is CC(C)NCCC(C)(C)Cc1ccccc1F. The number of hydrogen-bond donors (Lipinski definition) is 1. The van der Waals surface area contributed by atoms with Crippen LogP contribution < -0.4 is 5.32 Å². The highest BCUT2D eigenvalue weighted by Crippen LogP contribution is 2.26. The van der Waals surface area contributed by atoms with Gasteiger partial charge >= 0.3 is 0 Å². The van der Waals surface area contributed by atoms with E-state index in [1.54, 1.807) is 6.07 Å². The van der Waals surface area contributed by atoms with Crippen molar-refractivity contribution >= 4 is 0 Å². The maximum absolute atomic E-state index is 13.6. The standard InChI is InChI=1S/C15H24FN/c1-12(2)17-10-9-15(3,4)11-13-7-5-6-8-14(13)16/h5-8,12,17H,9-11H2,1-4H3. The molecule has 1 aromatic rings. The molecule has 0 heterocycles. The van der Waals surface area contributed by atoms with Gasteiger partial charge in [0.15, 0.2) is 0 Å². The molecule has 0 fully saturated rings. The van der Waals surface area contributed by atoms with Gasteiger partial charge in [0.05, 0.1) is 0 Å². The van der Waals surface area contributed by atoms with Gasteiger partial charge in [0.25, 0.3) is 0 Å². The summed E-state index contributed by atoms with van der Waals surface area (Å²) in [5.41, 5.74) is 0.950. The third-order valence-corrected chi connectivity index (χ3v) is 2.98. The van der Waals surface area contributed by atoms with E-state index >= 15 is 0 Å². The molecule has 17 heavy (non-hydrogen) atoms. The molecule has 0 aliphatic carbocycles. The van der Waals surface area contributed by atoms with Crippen molar-refractivity contribution in [1.29, 1.82) is 0 Å². The Labute approximate surface area is 104 Å². The molecule has 2 heteroatoms. The van der Waals surface area contributed by atoms with Crippen molar-refractivity contribution in [1.82, 2.24) is 5.32 Å². The van der Waals surface area contributed by atoms with Gasteiger partial charge in [-0.1, -0.05) is 45.9 Å². The van der Waals surface area contributed by atoms with E-state index in [0.717, 1.165) is 24.9 Å². The maximum Gasteiger partial charge on any atom is 0.126 e. The summed E-state index contributed by atoms with van der Waals surface area (Å²) in [5.74, 6) is -0.0857. The quantitative estimate of drug-likeness (QED) is 0.794. The number of rotatable bonds is 6. The van der Waals surface area contributed by atoms with Crippen LogP contribution in [0.15, 0.2) is 24.3 Å². The van der Waals surface area contributed by atoms with E-state index in [1.807, 2.05) is 12.1 Å². The summed E-state index contributed by atoms with van der Waals surface area (Å²) in [6.45, 7) is 9.66. The molecular weight excluding hydrogens is 213 g/mol. The van der Waals surface area contributed by atoms with Crippen molar-refractivity contribution in [3.63, 3.8) is 0 Å². The molecule has 0 radical (unpaired) electrons. The van der Waals surface area contributed by atoms with Crippen LogP contribution in [0.2, 0.25) is 0 Å². The van der Waals surface area contributed by atoms with Crippen LogP contribution in [0.3, 0.4) is 0 Å². The lowest BCUT2D eigenvalue weighted by Crippen LogP contribution is -2.28. The Bertz CT molecular complexity index is 345. The van der Waals surface area contributed by atoms with Gasteiger partial charge < -0.3 is 5.32 Å². The van der Waals surface area contributed by atoms with Crippen molar-refractivity contribution < 1.29 is 4.39 Å². The molecule has 0 saturated carbocycles. The molecule has 0 aliphatic heterocycles. The van der Waals surface area contributed by atoms with E-state index in [4.69, 9.17) is 0 Å². The van der Waals surface area contributed by atoms with Crippen molar-refractivity contribution in [3.05, 3.63) is 35.6 Å². The minimum Gasteiger partial charge on any atom is -0.315 e. The summed E-state index contributed by atoms with van der Waals surface area (Å²) in [7, 11) is 0. The van der Waals surface area contributed by atoms with Crippen LogP contribution in [0, 0.1) is 11.2 Å². The highest BCUT2D eigenvalue weighted by atomic mass is 19.1. The smallest absolute Gasteiger partial charge is 0.126 e. The minimum atomic E-state index is -0.0857. The number of hydrogen-bond acceptors (Lipinski definition) is 1. The summed E-state index contributed by atoms with van der Waals surface area (Å²) in [5, 5.41) is 3.41. The van der Waals surface area contributed by atoms with Gasteiger partial charge in [-0.15, -0.1) is 0 Å². The third kappa shape index (κ3) is 5.31. The Balaban J connectivity index is 2.51. The van der Waals surface area contributed by atoms with Crippen molar-refractivity contribution in [2.75, 3.05) is 6.54 Å². The van der Waals surface area contributed by atoms with E-state index in [2.05, 4.69) is 33.0 Å². The molecule has 1 nitrogen and oxygen atoms in total. The fraction of sp³-hybridized carbons (Fsp3) is 0.600. The highest BCUT2D eigenvalue weighted by Gasteiger charge is 2.19. The number of halogens is 1. The first-order chi connectivity index (χ1) is 7.91. The number of benzene rings is 1. The summed E-state index contributed by atoms with van der Waals surface area (Å²) in [4.78, 5) is 0. The third-order valence-electron chi connectivity index (χ3n) is 2.98. The largest absolute Gasteiger partial charge is 0.315 e. The van der Waals surface area contributed by atoms with Gasteiger partial charge in [0.1, 0.15) is 5.82 Å². The van der Waals surface area contributed by atoms with Crippen LogP contribution >= 0.6 is 0 Å². The van der Waals surface area contributed by atoms with Crippen molar-refractivity contribution in [3.8, 4) is 0 Å². The molecule has 0 saturated heterocycles. The lowest BCUT2D eigenvalue weighted by atomic mass is 9.82. The molecule has 0 atom stereocenters. The van der Waals surface area contributed by atoms with Crippen LogP contribution in [0.5, 0.6) is 0 Å². The second kappa shape index (κ2) is 6.15. The van der Waals surface area contributed by atoms with E-state index in [9.17, 15) is 4.39 Å². The summed E-state index contributed by atoms with van der Waals surface area (Å²) in [6, 6.07) is 7.58. The normalized spacial score (nSPS) is 12.1. The molecule has 96 valence electrons. The van der Waals surface area contributed by atoms with Crippen LogP contribution in [-0.4, -0.2) is 12.6 Å². The Hall–Kier alpha value is -0.890. The zero-order chi connectivity index (χ0) is 12.9. The van der Waals surface area contributed by atoms with Gasteiger partial charge in [-0.05, 0) is 36.4 Å². The molecule has 1 rings (SSSR count). The van der Waals surface area contributed by atoms with Crippen LogP contribution in [0.1, 0.15) is 39.7 Å². The molecule has 0 aliphatic rings. The molecule has 0 aromatic heterocycles. The lowest BCUT2D eigenvalue weighted by Gasteiger charge is -2.25. The predicted octanol–water partition coefficient (Wildman–Crippen LogP) is 3.78. The Morgan fingerprint density at radius 2 is 1.88 bits per heavy atom. The first kappa shape index (κ1) is 14.2. The number of nitrogens with one attached hydrogen (secondary N) is 1. The van der Waals surface area contributed by atoms with Gasteiger partial charge in [0.2, 0.25) is 0 Å². The molecular formula is C15H24FN. The second-order valence-electron chi connectivity index (χ2n) is 5.79. The minimum absolute atomic E-state index is 0.0857. The molecule has 0 amide bonds. The fourth-order valence-electron chi connectivity index (χ4n) is 1.94. The Morgan fingerprint density at radius 1 is 1.24 bits per heavy atom. The van der Waals surface area contributed by atoms with Gasteiger partial charge in [-0.3, -0.25) is 0 Å². The lowest BCUT2D eigenvalue weighted by molar-refractivity contribution is 0.316. The summed E-state index contributed by atoms with van der Waals surface area (Å²) < 4.78 is 13.6. The average molecular weight is 237 g/mol. The van der Waals surface area contributed by atoms with Crippen LogP contribution in [-0.2, 0) is 6.42 Å². The van der Waals surface area contributed by atoms with Crippen molar-refractivity contribution in [2.45, 2.75) is 46.6 Å². The van der Waals surface area contributed by atoms with E-state index in [-0.39, 0.29) is 11.2 Å². The monoisotopic (exact) mass is 237 g/mol. The Morgan fingerprint density at radius 3 is 2.47 bits per heavy atom. The molecule has 0 bridgehead atoms. The van der Waals surface area contributed by atoms with E-state index in [1.165, 1.54) is 6.07 Å². The van der Waals surface area contributed by atoms with E-state index < -0.39 is 0 Å². The van der Waals surface area contributed by atoms with Crippen LogP contribution in [0.4, 0.5) is 4.39 Å². The van der Waals surface area contributed by atoms with Crippen molar-refractivity contribution in [2.24, 2.45) is 5.41 Å². The predicted molar refractivity (Wildman–Crippen MR) is 71.6 cm³/mol. The van der Waals surface area contributed by atoms with Gasteiger partial charge in [0, 0.05) is 6.04 Å². The molecule has 1 aromatic carbocycles. The summed E-state index contributed by atoms with van der Waals surface area (Å²) in [6.07, 6.45) is 1.85. The average Bonchev–Trinajstić information content (AvgIpc) is 2.20. The van der Waals surface area contributed by atoms with E-state index in [0.29, 0.717) is 6.04 Å². The zero-order valence-corrected chi connectivity index (χ0v) is 11.4. The van der Waals surface area contributed by atoms with Gasteiger partial charge in [-0.25, -0.2) is 4.39 Å². The highest BCUT2D eigenvalue weighted by molar-refractivity contribution is 5.18. The zero-order valence-electron chi connectivity index (χ0n) is 11.4. The summed E-state index contributed by atoms with van der Waals surface area (Å²) >= 11 is 0. The first-order valence-corrected chi connectivity index (χ1v) is 6.37. The molecule has 1 N–H and O–H groups in total. The first-order valence-electron chi connectivity index (χ1n) is 6.37. The fourth-order valence-corrected chi connectivity index (χ4v) is 1.94. The Kier molecular flexibility index (Phi) is 5.13. The van der Waals surface area contributed by atoms with Gasteiger partial charge in [-0.2, -0.15) is 0 Å². The molecule has 0 unspecified atom stereocenters. The molecule has 0 spiro atoms.